The van der Waals surface area contributed by atoms with Crippen LogP contribution < -0.4 is 4.72 Å². The zero-order valence-corrected chi connectivity index (χ0v) is 17.8. The molecule has 4 fully saturated rings. The van der Waals surface area contributed by atoms with Crippen LogP contribution in [0.5, 0.6) is 0 Å². The number of hydrogen-bond acceptors (Lipinski definition) is 6. The number of hydrogen-bond donors (Lipinski definition) is 1. The first kappa shape index (κ1) is 20.5. The molecule has 1 aromatic rings. The van der Waals surface area contributed by atoms with Crippen molar-refractivity contribution in [1.29, 1.82) is 0 Å². The second-order valence-electron chi connectivity index (χ2n) is 9.17. The van der Waals surface area contributed by atoms with Gasteiger partial charge in [-0.05, 0) is 63.2 Å². The van der Waals surface area contributed by atoms with E-state index in [1.54, 1.807) is 18.5 Å². The largest absolute Gasteiger partial charge is 0.458 e. The summed E-state index contributed by atoms with van der Waals surface area (Å²) in [6.45, 7) is 1.41. The van der Waals surface area contributed by atoms with Crippen LogP contribution in [-0.4, -0.2) is 42.9 Å². The zero-order chi connectivity index (χ0) is 20.8. The Hall–Kier alpha value is -1.74. The maximum absolute atomic E-state index is 12.9. The number of nitrogens with zero attached hydrogens (tertiary/aromatic N) is 2. The molecule has 29 heavy (non-hydrogen) atoms. The third-order valence-electron chi connectivity index (χ3n) is 6.98. The maximum Gasteiger partial charge on any atom is 0.307 e. The number of carbonyl (C=O) groups is 2. The van der Waals surface area contributed by atoms with Crippen LogP contribution in [-0.2, 0) is 31.4 Å². The molecule has 1 aromatic heterocycles. The van der Waals surface area contributed by atoms with Crippen LogP contribution in [0.25, 0.3) is 0 Å². The molecule has 4 bridgehead atoms. The fraction of sp³-hybridized carbons (Fsp3) is 0.750. The van der Waals surface area contributed by atoms with Crippen molar-refractivity contribution in [1.82, 2.24) is 14.3 Å². The fourth-order valence-corrected chi connectivity index (χ4v) is 6.91. The molecule has 0 spiro atoms. The highest BCUT2D eigenvalue weighted by Gasteiger charge is 2.54. The standard InChI is InChI=1S/C20H29N3O5S/c1-13-22-18(11-23(13)2)29(26,27)21-4-3-19(25)28-12-17(24)20-8-14-5-15(9-20)7-16(6-14)10-20/h11,14-16,21H,3-10,12H2,1-2H3. The van der Waals surface area contributed by atoms with Crippen LogP contribution in [0.3, 0.4) is 0 Å². The summed E-state index contributed by atoms with van der Waals surface area (Å²) < 4.78 is 33.6. The molecule has 0 radical (unpaired) electrons. The van der Waals surface area contributed by atoms with Gasteiger partial charge in [0.15, 0.2) is 17.4 Å². The number of sulfonamides is 1. The second-order valence-corrected chi connectivity index (χ2v) is 10.9. The van der Waals surface area contributed by atoms with Gasteiger partial charge in [-0.3, -0.25) is 9.59 Å². The Labute approximate surface area is 171 Å². The third-order valence-corrected chi connectivity index (χ3v) is 8.31. The first-order valence-electron chi connectivity index (χ1n) is 10.4. The topological polar surface area (TPSA) is 107 Å². The summed E-state index contributed by atoms with van der Waals surface area (Å²) in [5.74, 6) is 2.03. The number of esters is 1. The molecule has 4 aliphatic rings. The van der Waals surface area contributed by atoms with Crippen molar-refractivity contribution < 1.29 is 22.7 Å². The van der Waals surface area contributed by atoms with Crippen molar-refractivity contribution in [3.05, 3.63) is 12.0 Å². The van der Waals surface area contributed by atoms with E-state index in [9.17, 15) is 18.0 Å². The van der Waals surface area contributed by atoms with Crippen molar-refractivity contribution in [2.24, 2.45) is 30.2 Å². The average molecular weight is 424 g/mol. The van der Waals surface area contributed by atoms with Gasteiger partial charge in [0, 0.05) is 25.2 Å². The number of aryl methyl sites for hydroxylation is 2. The number of carbonyl (C=O) groups excluding carboxylic acids is 2. The minimum atomic E-state index is -3.78. The number of nitrogens with one attached hydrogen (secondary N) is 1. The van der Waals surface area contributed by atoms with Crippen molar-refractivity contribution in [2.45, 2.75) is 56.9 Å². The van der Waals surface area contributed by atoms with Crippen LogP contribution in [0.2, 0.25) is 0 Å². The molecule has 0 saturated heterocycles. The smallest absolute Gasteiger partial charge is 0.307 e. The number of rotatable bonds is 8. The zero-order valence-electron chi connectivity index (χ0n) is 17.0. The molecule has 8 nitrogen and oxygen atoms in total. The Morgan fingerprint density at radius 1 is 1.21 bits per heavy atom. The lowest BCUT2D eigenvalue weighted by molar-refractivity contribution is -0.157. The van der Waals surface area contributed by atoms with Crippen LogP contribution >= 0.6 is 0 Å². The molecule has 0 amide bonds. The summed E-state index contributed by atoms with van der Waals surface area (Å²) in [5.41, 5.74) is -0.284. The van der Waals surface area contributed by atoms with Gasteiger partial charge in [-0.1, -0.05) is 0 Å². The summed E-state index contributed by atoms with van der Waals surface area (Å²) in [4.78, 5) is 28.9. The minimum absolute atomic E-state index is 0.0505. The molecule has 4 saturated carbocycles. The normalized spacial score (nSPS) is 30.5. The Morgan fingerprint density at radius 2 is 1.79 bits per heavy atom. The summed E-state index contributed by atoms with van der Waals surface area (Å²) in [5, 5.41) is -0.0807. The van der Waals surface area contributed by atoms with Crippen molar-refractivity contribution >= 4 is 21.8 Å². The van der Waals surface area contributed by atoms with E-state index in [4.69, 9.17) is 4.74 Å². The lowest BCUT2D eigenvalue weighted by atomic mass is 9.48. The van der Waals surface area contributed by atoms with E-state index in [1.165, 1.54) is 25.5 Å². The highest BCUT2D eigenvalue weighted by atomic mass is 32.2. The van der Waals surface area contributed by atoms with Gasteiger partial charge in [0.25, 0.3) is 10.0 Å². The van der Waals surface area contributed by atoms with Gasteiger partial charge >= 0.3 is 5.97 Å². The predicted molar refractivity (Wildman–Crippen MR) is 104 cm³/mol. The Kier molecular flexibility index (Phi) is 5.31. The van der Waals surface area contributed by atoms with Gasteiger partial charge in [-0.25, -0.2) is 18.1 Å². The quantitative estimate of drug-likeness (QED) is 0.638. The monoisotopic (exact) mass is 423 g/mol. The minimum Gasteiger partial charge on any atom is -0.458 e. The number of ether oxygens (including phenoxy) is 1. The molecule has 4 aliphatic carbocycles. The fourth-order valence-electron chi connectivity index (χ4n) is 5.84. The summed E-state index contributed by atoms with van der Waals surface area (Å²) in [7, 11) is -2.07. The maximum atomic E-state index is 12.9. The molecule has 1 N–H and O–H groups in total. The summed E-state index contributed by atoms with van der Waals surface area (Å²) in [6, 6.07) is 0. The van der Waals surface area contributed by atoms with E-state index in [-0.39, 0.29) is 35.8 Å². The molecule has 0 unspecified atom stereocenters. The molecule has 1 heterocycles. The van der Waals surface area contributed by atoms with E-state index >= 15 is 0 Å². The summed E-state index contributed by atoms with van der Waals surface area (Å²) >= 11 is 0. The number of ketones is 1. The summed E-state index contributed by atoms with van der Waals surface area (Å²) in [6.07, 6.45) is 7.88. The molecule has 0 atom stereocenters. The Morgan fingerprint density at radius 3 is 2.31 bits per heavy atom. The highest BCUT2D eigenvalue weighted by Crippen LogP contribution is 2.60. The molecule has 0 aliphatic heterocycles. The van der Waals surface area contributed by atoms with Crippen LogP contribution in [0.15, 0.2) is 11.2 Å². The molecule has 9 heteroatoms. The van der Waals surface area contributed by atoms with E-state index in [1.807, 2.05) is 0 Å². The van der Waals surface area contributed by atoms with E-state index in [0.29, 0.717) is 23.6 Å². The van der Waals surface area contributed by atoms with E-state index < -0.39 is 16.0 Å². The van der Waals surface area contributed by atoms with Gasteiger partial charge in [0.2, 0.25) is 0 Å². The van der Waals surface area contributed by atoms with Crippen molar-refractivity contribution in [2.75, 3.05) is 13.2 Å². The van der Waals surface area contributed by atoms with Crippen LogP contribution in [0.1, 0.15) is 50.8 Å². The molecule has 0 aromatic carbocycles. The van der Waals surface area contributed by atoms with Crippen LogP contribution in [0, 0.1) is 30.1 Å². The van der Waals surface area contributed by atoms with E-state index in [2.05, 4.69) is 9.71 Å². The average Bonchev–Trinajstić information content (AvgIpc) is 2.98. The molecular formula is C20H29N3O5S. The van der Waals surface area contributed by atoms with Crippen molar-refractivity contribution in [3.8, 4) is 0 Å². The SMILES string of the molecule is Cc1nc(S(=O)(=O)NCCC(=O)OCC(=O)C23CC4CC(CC(C4)C2)C3)cn1C. The highest BCUT2D eigenvalue weighted by molar-refractivity contribution is 7.89. The van der Waals surface area contributed by atoms with E-state index in [0.717, 1.165) is 19.3 Å². The Balaban J connectivity index is 1.24. The van der Waals surface area contributed by atoms with Gasteiger partial charge < -0.3 is 9.30 Å². The number of aromatic nitrogens is 2. The lowest BCUT2D eigenvalue weighted by Gasteiger charge is -2.55. The third kappa shape index (κ3) is 4.12. The second kappa shape index (κ2) is 7.50. The molecule has 5 rings (SSSR count). The predicted octanol–water partition coefficient (Wildman–Crippen LogP) is 1.73. The lowest BCUT2D eigenvalue weighted by Crippen LogP contribution is -2.51. The van der Waals surface area contributed by atoms with Gasteiger partial charge in [-0.2, -0.15) is 0 Å². The first-order chi connectivity index (χ1) is 13.7. The Bertz CT molecular complexity index is 866. The van der Waals surface area contributed by atoms with Gasteiger partial charge in [0.1, 0.15) is 5.82 Å². The molecular weight excluding hydrogens is 394 g/mol. The molecule has 160 valence electrons. The van der Waals surface area contributed by atoms with Gasteiger partial charge in [-0.15, -0.1) is 0 Å². The first-order valence-corrected chi connectivity index (χ1v) is 11.8. The number of Topliss-reactive ketones (excluding diaryl/α,β-unsaturated/α-hetero) is 1. The van der Waals surface area contributed by atoms with Gasteiger partial charge in [0.05, 0.1) is 6.42 Å². The van der Waals surface area contributed by atoms with Crippen molar-refractivity contribution in [3.63, 3.8) is 0 Å². The van der Waals surface area contributed by atoms with Crippen LogP contribution in [0.4, 0.5) is 0 Å². The number of imidazole rings is 1.